The first kappa shape index (κ1) is 16.4. The van der Waals surface area contributed by atoms with Gasteiger partial charge < -0.3 is 14.7 Å². The zero-order valence-electron chi connectivity index (χ0n) is 12.3. The summed E-state index contributed by atoms with van der Waals surface area (Å²) in [6.07, 6.45) is -0.243. The fourth-order valence-corrected chi connectivity index (χ4v) is 2.74. The zero-order valence-corrected chi connectivity index (χ0v) is 12.3. The maximum Gasteiger partial charge on any atom is 0.326 e. The van der Waals surface area contributed by atoms with Gasteiger partial charge in [-0.05, 0) is 19.1 Å². The summed E-state index contributed by atoms with van der Waals surface area (Å²) in [4.78, 5) is 24.9. The van der Waals surface area contributed by atoms with Crippen LogP contribution in [-0.2, 0) is 14.3 Å². The molecule has 1 saturated heterocycles. The van der Waals surface area contributed by atoms with E-state index in [-0.39, 0.29) is 18.5 Å². The van der Waals surface area contributed by atoms with Crippen molar-refractivity contribution < 1.29 is 28.2 Å². The maximum atomic E-state index is 13.8. The molecule has 3 atom stereocenters. The SMILES string of the molecule is COC1CC(C(=O)O)N(C(=O)C(C)c2c(F)cccc2F)C1. The molecule has 1 aliphatic heterocycles. The van der Waals surface area contributed by atoms with Crippen molar-refractivity contribution in [2.24, 2.45) is 0 Å². The summed E-state index contributed by atoms with van der Waals surface area (Å²) in [5, 5.41) is 9.21. The molecule has 22 heavy (non-hydrogen) atoms. The lowest BCUT2D eigenvalue weighted by atomic mass is 9.98. The Morgan fingerprint density at radius 2 is 1.95 bits per heavy atom. The number of benzene rings is 1. The van der Waals surface area contributed by atoms with E-state index in [2.05, 4.69) is 0 Å². The van der Waals surface area contributed by atoms with Gasteiger partial charge in [0.15, 0.2) is 0 Å². The first-order valence-electron chi connectivity index (χ1n) is 6.86. The summed E-state index contributed by atoms with van der Waals surface area (Å²) in [5.41, 5.74) is -0.350. The number of likely N-dealkylation sites (tertiary alicyclic amines) is 1. The highest BCUT2D eigenvalue weighted by Crippen LogP contribution is 2.28. The van der Waals surface area contributed by atoms with Crippen LogP contribution in [-0.4, -0.2) is 47.7 Å². The van der Waals surface area contributed by atoms with Gasteiger partial charge in [0.05, 0.1) is 12.0 Å². The number of halogens is 2. The van der Waals surface area contributed by atoms with Crippen LogP contribution in [0.2, 0.25) is 0 Å². The lowest BCUT2D eigenvalue weighted by Gasteiger charge is -2.25. The molecule has 0 bridgehead atoms. The Balaban J connectivity index is 2.28. The minimum atomic E-state index is -1.16. The van der Waals surface area contributed by atoms with Gasteiger partial charge in [-0.3, -0.25) is 4.79 Å². The van der Waals surface area contributed by atoms with Gasteiger partial charge in [-0.15, -0.1) is 0 Å². The van der Waals surface area contributed by atoms with Gasteiger partial charge in [-0.25, -0.2) is 13.6 Å². The molecule has 0 radical (unpaired) electrons. The molecular weight excluding hydrogens is 296 g/mol. The van der Waals surface area contributed by atoms with E-state index < -0.39 is 41.6 Å². The molecule has 0 spiro atoms. The summed E-state index contributed by atoms with van der Waals surface area (Å²) < 4.78 is 32.7. The second-order valence-corrected chi connectivity index (χ2v) is 5.30. The average Bonchev–Trinajstić information content (AvgIpc) is 2.90. The molecule has 0 saturated carbocycles. The second kappa shape index (κ2) is 6.39. The highest BCUT2D eigenvalue weighted by atomic mass is 19.1. The van der Waals surface area contributed by atoms with E-state index in [1.54, 1.807) is 0 Å². The van der Waals surface area contributed by atoms with Crippen molar-refractivity contribution in [3.63, 3.8) is 0 Å². The molecule has 1 aliphatic rings. The van der Waals surface area contributed by atoms with Crippen LogP contribution in [0, 0.1) is 11.6 Å². The number of nitrogens with zero attached hydrogens (tertiary/aromatic N) is 1. The third-order valence-corrected chi connectivity index (χ3v) is 3.97. The molecule has 0 aliphatic carbocycles. The Hall–Kier alpha value is -2.02. The predicted molar refractivity (Wildman–Crippen MR) is 73.3 cm³/mol. The van der Waals surface area contributed by atoms with Crippen LogP contribution in [0.5, 0.6) is 0 Å². The van der Waals surface area contributed by atoms with Crippen molar-refractivity contribution in [2.45, 2.75) is 31.4 Å². The fraction of sp³-hybridized carbons (Fsp3) is 0.467. The fourth-order valence-electron chi connectivity index (χ4n) is 2.74. The number of methoxy groups -OCH3 is 1. The molecule has 120 valence electrons. The molecule has 2 rings (SSSR count). The van der Waals surface area contributed by atoms with Crippen molar-refractivity contribution in [2.75, 3.05) is 13.7 Å². The molecule has 1 N–H and O–H groups in total. The quantitative estimate of drug-likeness (QED) is 0.920. The van der Waals surface area contributed by atoms with Crippen LogP contribution in [0.25, 0.3) is 0 Å². The van der Waals surface area contributed by atoms with E-state index in [9.17, 15) is 23.5 Å². The monoisotopic (exact) mass is 313 g/mol. The summed E-state index contributed by atoms with van der Waals surface area (Å²) in [5.74, 6) is -4.55. The lowest BCUT2D eigenvalue weighted by molar-refractivity contribution is -0.148. The van der Waals surface area contributed by atoms with Gasteiger partial charge in [0, 0.05) is 25.6 Å². The molecule has 3 unspecified atom stereocenters. The van der Waals surface area contributed by atoms with Crippen molar-refractivity contribution in [3.05, 3.63) is 35.4 Å². The normalized spacial score (nSPS) is 22.6. The van der Waals surface area contributed by atoms with E-state index in [0.717, 1.165) is 17.0 Å². The van der Waals surface area contributed by atoms with Crippen molar-refractivity contribution in [1.82, 2.24) is 4.90 Å². The van der Waals surface area contributed by atoms with Crippen molar-refractivity contribution >= 4 is 11.9 Å². The number of hydrogen-bond acceptors (Lipinski definition) is 3. The number of carbonyl (C=O) groups is 2. The number of rotatable bonds is 4. The third kappa shape index (κ3) is 2.94. The molecular formula is C15H17F2NO4. The van der Waals surface area contributed by atoms with E-state index >= 15 is 0 Å². The van der Waals surface area contributed by atoms with Gasteiger partial charge >= 0.3 is 5.97 Å². The molecule has 1 fully saturated rings. The van der Waals surface area contributed by atoms with Crippen LogP contribution >= 0.6 is 0 Å². The van der Waals surface area contributed by atoms with E-state index in [4.69, 9.17) is 4.74 Å². The average molecular weight is 313 g/mol. The Bertz CT molecular complexity index is 573. The number of aliphatic carboxylic acids is 1. The van der Waals surface area contributed by atoms with Gasteiger partial charge in [-0.1, -0.05) is 6.07 Å². The number of amides is 1. The standard InChI is InChI=1S/C15H17F2NO4/c1-8(13-10(16)4-3-5-11(13)17)14(19)18-7-9(22-2)6-12(18)15(20)21/h3-5,8-9,12H,6-7H2,1-2H3,(H,20,21). The number of carboxylic acid groups (broad SMARTS) is 1. The number of carbonyl (C=O) groups excluding carboxylic acids is 1. The van der Waals surface area contributed by atoms with Crippen LogP contribution in [0.1, 0.15) is 24.8 Å². The van der Waals surface area contributed by atoms with Crippen LogP contribution < -0.4 is 0 Å². The largest absolute Gasteiger partial charge is 0.480 e. The highest BCUT2D eigenvalue weighted by Gasteiger charge is 2.42. The summed E-state index contributed by atoms with van der Waals surface area (Å²) in [7, 11) is 1.43. The smallest absolute Gasteiger partial charge is 0.326 e. The first-order chi connectivity index (χ1) is 10.4. The van der Waals surface area contributed by atoms with Crippen molar-refractivity contribution in [3.8, 4) is 0 Å². The maximum absolute atomic E-state index is 13.8. The lowest BCUT2D eigenvalue weighted by Crippen LogP contribution is -2.42. The molecule has 1 aromatic carbocycles. The highest BCUT2D eigenvalue weighted by molar-refractivity contribution is 5.88. The molecule has 1 aromatic rings. The van der Waals surface area contributed by atoms with Gasteiger partial charge in [0.1, 0.15) is 17.7 Å². The minimum absolute atomic E-state index is 0.0900. The Kier molecular flexibility index (Phi) is 4.75. The van der Waals surface area contributed by atoms with E-state index in [0.29, 0.717) is 0 Å². The molecule has 0 aromatic heterocycles. The topological polar surface area (TPSA) is 66.8 Å². The molecule has 1 amide bonds. The minimum Gasteiger partial charge on any atom is -0.480 e. The third-order valence-electron chi connectivity index (χ3n) is 3.97. The molecule has 1 heterocycles. The Labute approximate surface area is 126 Å². The Morgan fingerprint density at radius 1 is 1.36 bits per heavy atom. The van der Waals surface area contributed by atoms with Gasteiger partial charge in [-0.2, -0.15) is 0 Å². The molecule has 7 heteroatoms. The van der Waals surface area contributed by atoms with Crippen LogP contribution in [0.3, 0.4) is 0 Å². The number of carboxylic acids is 1. The summed E-state index contributed by atoms with van der Waals surface area (Å²) in [6.45, 7) is 1.45. The van der Waals surface area contributed by atoms with E-state index in [1.807, 2.05) is 0 Å². The number of hydrogen-bond donors (Lipinski definition) is 1. The van der Waals surface area contributed by atoms with Crippen LogP contribution in [0.4, 0.5) is 8.78 Å². The van der Waals surface area contributed by atoms with Crippen LogP contribution in [0.15, 0.2) is 18.2 Å². The first-order valence-corrected chi connectivity index (χ1v) is 6.86. The van der Waals surface area contributed by atoms with E-state index in [1.165, 1.54) is 20.1 Å². The molecule has 5 nitrogen and oxygen atoms in total. The zero-order chi connectivity index (χ0) is 16.4. The Morgan fingerprint density at radius 3 is 2.45 bits per heavy atom. The predicted octanol–water partition coefficient (Wildman–Crippen LogP) is 1.77. The van der Waals surface area contributed by atoms with Gasteiger partial charge in [0.2, 0.25) is 5.91 Å². The summed E-state index contributed by atoms with van der Waals surface area (Å²) >= 11 is 0. The number of ether oxygens (including phenoxy) is 1. The van der Waals surface area contributed by atoms with Gasteiger partial charge in [0.25, 0.3) is 0 Å². The summed E-state index contributed by atoms with van der Waals surface area (Å²) in [6, 6.07) is 2.30. The second-order valence-electron chi connectivity index (χ2n) is 5.30. The van der Waals surface area contributed by atoms with Crippen molar-refractivity contribution in [1.29, 1.82) is 0 Å².